The molecule has 18 heavy (non-hydrogen) atoms. The predicted molar refractivity (Wildman–Crippen MR) is 76.3 cm³/mol. The van der Waals surface area contributed by atoms with Crippen molar-refractivity contribution in [2.24, 2.45) is 0 Å². The number of hydrogen-bond acceptors (Lipinski definition) is 3. The van der Waals surface area contributed by atoms with E-state index in [0.717, 1.165) is 18.6 Å². The van der Waals surface area contributed by atoms with Gasteiger partial charge in [0.15, 0.2) is 0 Å². The lowest BCUT2D eigenvalue weighted by atomic mass is 10.00. The van der Waals surface area contributed by atoms with Gasteiger partial charge < -0.3 is 9.64 Å². The van der Waals surface area contributed by atoms with Crippen LogP contribution in [0.15, 0.2) is 0 Å². The number of carbonyl (C=O) groups is 1. The Bertz CT molecular complexity index is 329. The number of halogens is 1. The van der Waals surface area contributed by atoms with E-state index in [-0.39, 0.29) is 22.4 Å². The number of amides is 1. The molecule has 2 heterocycles. The van der Waals surface area contributed by atoms with Gasteiger partial charge in [0.1, 0.15) is 0 Å². The molecule has 2 rings (SSSR count). The van der Waals surface area contributed by atoms with Crippen LogP contribution in [0.1, 0.15) is 33.6 Å². The highest BCUT2D eigenvalue weighted by molar-refractivity contribution is 8.01. The monoisotopic (exact) mass is 291 g/mol. The Morgan fingerprint density at radius 2 is 2.22 bits per heavy atom. The first-order chi connectivity index (χ1) is 8.36. The van der Waals surface area contributed by atoms with Crippen molar-refractivity contribution in [2.45, 2.75) is 50.1 Å². The maximum absolute atomic E-state index is 12.7. The summed E-state index contributed by atoms with van der Waals surface area (Å²) in [5.41, 5.74) is -0.299. The molecule has 104 valence electrons. The van der Waals surface area contributed by atoms with E-state index in [0.29, 0.717) is 19.0 Å². The standard InChI is InChI=1S/C13H22ClNO2S/c1-12(2)9-15(8-10(7-14)17-12)11(16)13(3)5-4-6-18-13/h10H,4-9H2,1-3H3. The molecular weight excluding hydrogens is 270 g/mol. The fourth-order valence-electron chi connectivity index (χ4n) is 2.81. The minimum atomic E-state index is -0.299. The lowest BCUT2D eigenvalue weighted by Crippen LogP contribution is -2.58. The van der Waals surface area contributed by atoms with Gasteiger partial charge in [-0.2, -0.15) is 0 Å². The van der Waals surface area contributed by atoms with Crippen molar-refractivity contribution in [3.63, 3.8) is 0 Å². The summed E-state index contributed by atoms with van der Waals surface area (Å²) >= 11 is 7.69. The van der Waals surface area contributed by atoms with Gasteiger partial charge in [-0.25, -0.2) is 0 Å². The fourth-order valence-corrected chi connectivity index (χ4v) is 4.25. The Hall–Kier alpha value is 0.0700. The first-order valence-electron chi connectivity index (χ1n) is 6.53. The summed E-state index contributed by atoms with van der Waals surface area (Å²) < 4.78 is 5.63. The van der Waals surface area contributed by atoms with Crippen molar-refractivity contribution in [3.8, 4) is 0 Å². The van der Waals surface area contributed by atoms with Crippen molar-refractivity contribution < 1.29 is 9.53 Å². The smallest absolute Gasteiger partial charge is 0.238 e. The summed E-state index contributed by atoms with van der Waals surface area (Å²) in [5.74, 6) is 1.79. The largest absolute Gasteiger partial charge is 0.367 e. The topological polar surface area (TPSA) is 29.5 Å². The molecule has 2 atom stereocenters. The van der Waals surface area contributed by atoms with Gasteiger partial charge in [-0.3, -0.25) is 4.79 Å². The molecular formula is C13H22ClNO2S. The second kappa shape index (κ2) is 5.22. The molecule has 0 spiro atoms. The summed E-state index contributed by atoms with van der Waals surface area (Å²) in [6.45, 7) is 7.41. The van der Waals surface area contributed by atoms with Crippen LogP contribution in [0.2, 0.25) is 0 Å². The molecule has 0 radical (unpaired) electrons. The molecule has 0 bridgehead atoms. The summed E-state index contributed by atoms with van der Waals surface area (Å²) in [7, 11) is 0. The minimum Gasteiger partial charge on any atom is -0.367 e. The minimum absolute atomic E-state index is 0.0469. The number of alkyl halides is 1. The van der Waals surface area contributed by atoms with E-state index in [1.807, 2.05) is 18.7 Å². The van der Waals surface area contributed by atoms with Crippen molar-refractivity contribution in [1.29, 1.82) is 0 Å². The van der Waals surface area contributed by atoms with Crippen LogP contribution in [0.4, 0.5) is 0 Å². The first kappa shape index (κ1) is 14.5. The highest BCUT2D eigenvalue weighted by Crippen LogP contribution is 2.40. The van der Waals surface area contributed by atoms with Crippen molar-refractivity contribution in [3.05, 3.63) is 0 Å². The average molecular weight is 292 g/mol. The maximum Gasteiger partial charge on any atom is 0.238 e. The molecule has 5 heteroatoms. The number of hydrogen-bond donors (Lipinski definition) is 0. The Labute approximate surface area is 119 Å². The van der Waals surface area contributed by atoms with Gasteiger partial charge in [0, 0.05) is 13.1 Å². The predicted octanol–water partition coefficient (Wildman–Crippen LogP) is 2.52. The van der Waals surface area contributed by atoms with Crippen LogP contribution in [0.3, 0.4) is 0 Å². The van der Waals surface area contributed by atoms with Crippen LogP contribution in [0, 0.1) is 0 Å². The highest BCUT2D eigenvalue weighted by Gasteiger charge is 2.44. The quantitative estimate of drug-likeness (QED) is 0.732. The van der Waals surface area contributed by atoms with Crippen LogP contribution in [0.5, 0.6) is 0 Å². The summed E-state index contributed by atoms with van der Waals surface area (Å²) in [6, 6.07) is 0. The van der Waals surface area contributed by atoms with Crippen LogP contribution >= 0.6 is 23.4 Å². The molecule has 0 N–H and O–H groups in total. The number of thioether (sulfide) groups is 1. The van der Waals surface area contributed by atoms with E-state index in [1.54, 1.807) is 11.8 Å². The molecule has 3 nitrogen and oxygen atoms in total. The number of nitrogens with zero attached hydrogens (tertiary/aromatic N) is 1. The van der Waals surface area contributed by atoms with E-state index in [2.05, 4.69) is 6.92 Å². The SMILES string of the molecule is CC1(C)CN(C(=O)C2(C)CCCS2)CC(CCl)O1. The number of morpholine rings is 1. The zero-order valence-electron chi connectivity index (χ0n) is 11.4. The summed E-state index contributed by atoms with van der Waals surface area (Å²) in [6.07, 6.45) is 2.08. The van der Waals surface area contributed by atoms with Crippen LogP contribution in [0.25, 0.3) is 0 Å². The van der Waals surface area contributed by atoms with Crippen LogP contribution in [-0.2, 0) is 9.53 Å². The molecule has 2 saturated heterocycles. The molecule has 2 fully saturated rings. The number of rotatable bonds is 2. The molecule has 2 aliphatic heterocycles. The third-order valence-electron chi connectivity index (χ3n) is 3.61. The van der Waals surface area contributed by atoms with Gasteiger partial charge in [-0.15, -0.1) is 23.4 Å². The average Bonchev–Trinajstić information content (AvgIpc) is 2.74. The fraction of sp³-hybridized carbons (Fsp3) is 0.923. The van der Waals surface area contributed by atoms with Crippen molar-refractivity contribution in [1.82, 2.24) is 4.90 Å². The molecule has 0 aromatic carbocycles. The number of ether oxygens (including phenoxy) is 1. The van der Waals surface area contributed by atoms with Gasteiger partial charge in [-0.1, -0.05) is 0 Å². The Morgan fingerprint density at radius 3 is 2.78 bits per heavy atom. The van der Waals surface area contributed by atoms with Gasteiger partial charge in [0.25, 0.3) is 0 Å². The van der Waals surface area contributed by atoms with Gasteiger partial charge in [0.2, 0.25) is 5.91 Å². The lowest BCUT2D eigenvalue weighted by Gasteiger charge is -2.44. The Kier molecular flexibility index (Phi) is 4.20. The molecule has 1 amide bonds. The second-order valence-corrected chi connectivity index (χ2v) is 7.93. The molecule has 0 saturated carbocycles. The van der Waals surface area contributed by atoms with Gasteiger partial charge in [0.05, 0.1) is 22.3 Å². The van der Waals surface area contributed by atoms with E-state index in [1.165, 1.54) is 0 Å². The Balaban J connectivity index is 2.09. The molecule has 2 aliphatic rings. The van der Waals surface area contributed by atoms with Crippen molar-refractivity contribution in [2.75, 3.05) is 24.7 Å². The van der Waals surface area contributed by atoms with Gasteiger partial charge >= 0.3 is 0 Å². The van der Waals surface area contributed by atoms with E-state index in [4.69, 9.17) is 16.3 Å². The zero-order chi connectivity index (χ0) is 13.4. The highest BCUT2D eigenvalue weighted by atomic mass is 35.5. The Morgan fingerprint density at radius 1 is 1.50 bits per heavy atom. The van der Waals surface area contributed by atoms with E-state index >= 15 is 0 Å². The molecule has 0 aromatic rings. The zero-order valence-corrected chi connectivity index (χ0v) is 12.9. The van der Waals surface area contributed by atoms with Gasteiger partial charge in [-0.05, 0) is 39.4 Å². The van der Waals surface area contributed by atoms with Crippen LogP contribution < -0.4 is 0 Å². The van der Waals surface area contributed by atoms with E-state index in [9.17, 15) is 4.79 Å². The number of carbonyl (C=O) groups excluding carboxylic acids is 1. The molecule has 0 aromatic heterocycles. The normalized spacial score (nSPS) is 35.8. The molecule has 0 aliphatic carbocycles. The summed E-state index contributed by atoms with van der Waals surface area (Å²) in [4.78, 5) is 14.6. The lowest BCUT2D eigenvalue weighted by molar-refractivity contribution is -0.159. The first-order valence-corrected chi connectivity index (χ1v) is 8.05. The van der Waals surface area contributed by atoms with Crippen LogP contribution in [-0.4, -0.2) is 52.0 Å². The molecule has 2 unspecified atom stereocenters. The third kappa shape index (κ3) is 2.97. The van der Waals surface area contributed by atoms with E-state index < -0.39 is 0 Å². The summed E-state index contributed by atoms with van der Waals surface area (Å²) in [5, 5.41) is 0. The third-order valence-corrected chi connectivity index (χ3v) is 5.46. The van der Waals surface area contributed by atoms with Crippen molar-refractivity contribution >= 4 is 29.3 Å². The maximum atomic E-state index is 12.7. The second-order valence-electron chi connectivity index (χ2n) is 6.02.